The third-order valence-electron chi connectivity index (χ3n) is 4.46. The molecule has 0 aliphatic carbocycles. The Morgan fingerprint density at radius 3 is 2.46 bits per heavy atom. The van der Waals surface area contributed by atoms with Crippen molar-refractivity contribution in [3.05, 3.63) is 105 Å². The average Bonchev–Trinajstić information content (AvgIpc) is 2.73. The van der Waals surface area contributed by atoms with E-state index in [2.05, 4.69) is 18.2 Å². The van der Waals surface area contributed by atoms with E-state index in [4.69, 9.17) is 16.0 Å². The summed E-state index contributed by atoms with van der Waals surface area (Å²) in [5, 5.41) is 10.6. The number of nitriles is 1. The van der Waals surface area contributed by atoms with Gasteiger partial charge in [-0.05, 0) is 41.0 Å². The van der Waals surface area contributed by atoms with Crippen LogP contribution in [0.25, 0.3) is 34.2 Å². The molecule has 4 heteroatoms. The molecule has 0 saturated heterocycles. The van der Waals surface area contributed by atoms with Gasteiger partial charge in [0.25, 0.3) is 0 Å². The SMILES string of the molecule is N#Cc1c(/C=C/c2cccc(-c3ccccc3)c2)c2cc(Cl)ccc2oc1=O. The van der Waals surface area contributed by atoms with Gasteiger partial charge < -0.3 is 4.42 Å². The zero-order valence-corrected chi connectivity index (χ0v) is 15.5. The molecule has 0 amide bonds. The van der Waals surface area contributed by atoms with Gasteiger partial charge in [-0.25, -0.2) is 4.79 Å². The maximum Gasteiger partial charge on any atom is 0.354 e. The van der Waals surface area contributed by atoms with E-state index in [0.29, 0.717) is 21.6 Å². The van der Waals surface area contributed by atoms with Crippen LogP contribution < -0.4 is 5.63 Å². The maximum atomic E-state index is 12.2. The molecule has 0 saturated carbocycles. The van der Waals surface area contributed by atoms with Crippen molar-refractivity contribution in [1.29, 1.82) is 5.26 Å². The molecule has 3 aromatic carbocycles. The van der Waals surface area contributed by atoms with E-state index in [-0.39, 0.29) is 5.56 Å². The first-order valence-corrected chi connectivity index (χ1v) is 9.03. The topological polar surface area (TPSA) is 54.0 Å². The van der Waals surface area contributed by atoms with E-state index in [1.54, 1.807) is 24.3 Å². The fraction of sp³-hybridized carbons (Fsp3) is 0. The van der Waals surface area contributed by atoms with Gasteiger partial charge in [0, 0.05) is 16.0 Å². The van der Waals surface area contributed by atoms with Crippen LogP contribution in [-0.2, 0) is 0 Å². The first-order chi connectivity index (χ1) is 13.7. The number of rotatable bonds is 3. The van der Waals surface area contributed by atoms with Crippen LogP contribution in [0.15, 0.2) is 82.0 Å². The summed E-state index contributed by atoms with van der Waals surface area (Å²) < 4.78 is 5.24. The lowest BCUT2D eigenvalue weighted by atomic mass is 10.0. The third-order valence-corrected chi connectivity index (χ3v) is 4.69. The molecule has 0 N–H and O–H groups in total. The molecule has 0 aliphatic heterocycles. The van der Waals surface area contributed by atoms with Crippen molar-refractivity contribution in [3.63, 3.8) is 0 Å². The summed E-state index contributed by atoms with van der Waals surface area (Å²) >= 11 is 6.10. The average molecular weight is 384 g/mol. The quantitative estimate of drug-likeness (QED) is 0.398. The molecular formula is C24H14ClNO2. The van der Waals surface area contributed by atoms with Crippen molar-refractivity contribution < 1.29 is 4.42 Å². The van der Waals surface area contributed by atoms with Crippen LogP contribution in [0.1, 0.15) is 16.7 Å². The van der Waals surface area contributed by atoms with Crippen LogP contribution in [0.5, 0.6) is 0 Å². The molecule has 0 aliphatic rings. The molecule has 0 fully saturated rings. The monoisotopic (exact) mass is 383 g/mol. The van der Waals surface area contributed by atoms with Crippen LogP contribution in [0.3, 0.4) is 0 Å². The lowest BCUT2D eigenvalue weighted by Crippen LogP contribution is -2.06. The zero-order valence-electron chi connectivity index (χ0n) is 14.7. The summed E-state index contributed by atoms with van der Waals surface area (Å²) in [6.45, 7) is 0. The highest BCUT2D eigenvalue weighted by Gasteiger charge is 2.12. The number of fused-ring (bicyclic) bond motifs is 1. The summed E-state index contributed by atoms with van der Waals surface area (Å²) in [7, 11) is 0. The fourth-order valence-electron chi connectivity index (χ4n) is 3.11. The van der Waals surface area contributed by atoms with Crippen molar-refractivity contribution >= 4 is 34.7 Å². The lowest BCUT2D eigenvalue weighted by Gasteiger charge is -2.05. The molecule has 4 rings (SSSR count). The van der Waals surface area contributed by atoms with Gasteiger partial charge in [-0.1, -0.05) is 72.3 Å². The largest absolute Gasteiger partial charge is 0.422 e. The predicted octanol–water partition coefficient (Wildman–Crippen LogP) is 6.16. The van der Waals surface area contributed by atoms with Crippen molar-refractivity contribution in [1.82, 2.24) is 0 Å². The highest BCUT2D eigenvalue weighted by Crippen LogP contribution is 2.26. The normalized spacial score (nSPS) is 11.0. The Morgan fingerprint density at radius 1 is 0.893 bits per heavy atom. The Kier molecular flexibility index (Phi) is 4.80. The van der Waals surface area contributed by atoms with Gasteiger partial charge in [0.15, 0.2) is 0 Å². The van der Waals surface area contributed by atoms with Crippen molar-refractivity contribution in [2.24, 2.45) is 0 Å². The molecule has 0 atom stereocenters. The first-order valence-electron chi connectivity index (χ1n) is 8.66. The minimum absolute atomic E-state index is 0.0368. The van der Waals surface area contributed by atoms with E-state index >= 15 is 0 Å². The standard InChI is InChI=1S/C24H14ClNO2/c25-19-10-12-23-21(14-19)20(22(15-26)24(27)28-23)11-9-16-5-4-8-18(13-16)17-6-2-1-3-7-17/h1-14H/b11-9+. The van der Waals surface area contributed by atoms with Crippen LogP contribution in [0, 0.1) is 11.3 Å². The molecule has 0 bridgehead atoms. The number of halogens is 1. The van der Waals surface area contributed by atoms with Crippen LogP contribution in [0.4, 0.5) is 0 Å². The minimum atomic E-state index is -0.657. The molecule has 28 heavy (non-hydrogen) atoms. The summed E-state index contributed by atoms with van der Waals surface area (Å²) in [6, 6.07) is 25.0. The van der Waals surface area contributed by atoms with Crippen LogP contribution in [-0.4, -0.2) is 0 Å². The van der Waals surface area contributed by atoms with Crippen LogP contribution in [0.2, 0.25) is 5.02 Å². The minimum Gasteiger partial charge on any atom is -0.422 e. The van der Waals surface area contributed by atoms with Crippen LogP contribution >= 0.6 is 11.6 Å². The maximum absolute atomic E-state index is 12.2. The number of hydrogen-bond acceptors (Lipinski definition) is 3. The summed E-state index contributed by atoms with van der Waals surface area (Å²) in [5.41, 5.74) is 3.36. The first kappa shape index (κ1) is 17.8. The molecule has 0 unspecified atom stereocenters. The lowest BCUT2D eigenvalue weighted by molar-refractivity contribution is 0.558. The third kappa shape index (κ3) is 3.46. The molecule has 0 radical (unpaired) electrons. The second-order valence-corrected chi connectivity index (χ2v) is 6.69. The summed E-state index contributed by atoms with van der Waals surface area (Å²) in [6.07, 6.45) is 3.64. The van der Waals surface area contributed by atoms with E-state index in [9.17, 15) is 10.1 Å². The summed E-state index contributed by atoms with van der Waals surface area (Å²) in [4.78, 5) is 12.2. The Morgan fingerprint density at radius 2 is 1.68 bits per heavy atom. The van der Waals surface area contributed by atoms with Crippen molar-refractivity contribution in [3.8, 4) is 17.2 Å². The highest BCUT2D eigenvalue weighted by atomic mass is 35.5. The molecule has 0 spiro atoms. The second-order valence-electron chi connectivity index (χ2n) is 6.26. The molecule has 134 valence electrons. The Hall–Kier alpha value is -3.61. The van der Waals surface area contributed by atoms with Gasteiger partial charge in [0.05, 0.1) is 0 Å². The molecule has 1 aromatic heterocycles. The van der Waals surface area contributed by atoms with Gasteiger partial charge in [0.2, 0.25) is 0 Å². The molecule has 4 aromatic rings. The summed E-state index contributed by atoms with van der Waals surface area (Å²) in [5.74, 6) is 0. The number of hydrogen-bond donors (Lipinski definition) is 0. The van der Waals surface area contributed by atoms with E-state index in [0.717, 1.165) is 16.7 Å². The second kappa shape index (κ2) is 7.56. The smallest absolute Gasteiger partial charge is 0.354 e. The van der Waals surface area contributed by atoms with E-state index < -0.39 is 5.63 Å². The number of benzene rings is 3. The number of nitrogens with zero attached hydrogens (tertiary/aromatic N) is 1. The Bertz CT molecular complexity index is 1300. The molecule has 3 nitrogen and oxygen atoms in total. The van der Waals surface area contributed by atoms with Gasteiger partial charge >= 0.3 is 5.63 Å². The van der Waals surface area contributed by atoms with Gasteiger partial charge in [-0.15, -0.1) is 0 Å². The highest BCUT2D eigenvalue weighted by molar-refractivity contribution is 6.31. The fourth-order valence-corrected chi connectivity index (χ4v) is 3.28. The van der Waals surface area contributed by atoms with E-state index in [1.807, 2.05) is 48.5 Å². The Balaban J connectivity index is 1.83. The van der Waals surface area contributed by atoms with Gasteiger partial charge in [-0.3, -0.25) is 0 Å². The van der Waals surface area contributed by atoms with Crippen molar-refractivity contribution in [2.45, 2.75) is 0 Å². The molecular weight excluding hydrogens is 370 g/mol. The zero-order chi connectivity index (χ0) is 19.5. The van der Waals surface area contributed by atoms with E-state index in [1.165, 1.54) is 0 Å². The van der Waals surface area contributed by atoms with Gasteiger partial charge in [0.1, 0.15) is 17.2 Å². The predicted molar refractivity (Wildman–Crippen MR) is 113 cm³/mol. The van der Waals surface area contributed by atoms with Crippen molar-refractivity contribution in [2.75, 3.05) is 0 Å². The molecule has 1 heterocycles. The van der Waals surface area contributed by atoms with Gasteiger partial charge in [-0.2, -0.15) is 5.26 Å². The Labute approximate surface area is 166 Å².